The molecule has 5 heteroatoms. The predicted octanol–water partition coefficient (Wildman–Crippen LogP) is 1.88. The summed E-state index contributed by atoms with van der Waals surface area (Å²) in [6.07, 6.45) is 1.60. The van der Waals surface area contributed by atoms with Crippen LogP contribution >= 0.6 is 0 Å². The molecule has 2 heterocycles. The summed E-state index contributed by atoms with van der Waals surface area (Å²) in [5, 5.41) is 2.80. The molecule has 5 nitrogen and oxygen atoms in total. The number of hydrogen-bond donors (Lipinski definition) is 1. The standard InChI is InChI=1S/C15H18N2O3/c1-2-16-14(19)17-9-5-8-15(10-17)12-7-4-3-6-11(12)13(18)20-15/h3-4,6-7H,2,5,8-10H2,1H3,(H,16,19). The molecule has 0 bridgehead atoms. The van der Waals surface area contributed by atoms with Crippen molar-refractivity contribution in [2.45, 2.75) is 25.4 Å². The van der Waals surface area contributed by atoms with Gasteiger partial charge in [-0.3, -0.25) is 0 Å². The minimum atomic E-state index is -0.656. The summed E-state index contributed by atoms with van der Waals surface area (Å²) >= 11 is 0. The lowest BCUT2D eigenvalue weighted by molar-refractivity contribution is -0.0409. The predicted molar refractivity (Wildman–Crippen MR) is 73.4 cm³/mol. The van der Waals surface area contributed by atoms with Gasteiger partial charge < -0.3 is 15.0 Å². The van der Waals surface area contributed by atoms with E-state index in [1.807, 2.05) is 25.1 Å². The number of benzene rings is 1. The molecule has 2 aliphatic rings. The van der Waals surface area contributed by atoms with E-state index in [-0.39, 0.29) is 12.0 Å². The largest absolute Gasteiger partial charge is 0.449 e. The molecule has 20 heavy (non-hydrogen) atoms. The molecule has 0 radical (unpaired) electrons. The molecule has 1 N–H and O–H groups in total. The quantitative estimate of drug-likeness (QED) is 0.795. The molecule has 3 rings (SSSR count). The van der Waals surface area contributed by atoms with Crippen molar-refractivity contribution in [2.75, 3.05) is 19.6 Å². The smallest absolute Gasteiger partial charge is 0.339 e. The number of esters is 1. The van der Waals surface area contributed by atoms with Gasteiger partial charge in [0.15, 0.2) is 5.60 Å². The van der Waals surface area contributed by atoms with Gasteiger partial charge in [-0.1, -0.05) is 18.2 Å². The molecular weight excluding hydrogens is 256 g/mol. The van der Waals surface area contributed by atoms with E-state index in [2.05, 4.69) is 5.32 Å². The normalized spacial score (nSPS) is 24.4. The summed E-state index contributed by atoms with van der Waals surface area (Å²) in [6, 6.07) is 7.38. The Kier molecular flexibility index (Phi) is 3.12. The zero-order valence-electron chi connectivity index (χ0n) is 11.5. The molecule has 1 spiro atoms. The van der Waals surface area contributed by atoms with Gasteiger partial charge in [0, 0.05) is 18.7 Å². The first-order valence-corrected chi connectivity index (χ1v) is 7.02. The summed E-state index contributed by atoms with van der Waals surface area (Å²) in [5.41, 5.74) is 0.890. The van der Waals surface area contributed by atoms with Gasteiger partial charge in [-0.2, -0.15) is 0 Å². The van der Waals surface area contributed by atoms with Crippen molar-refractivity contribution < 1.29 is 14.3 Å². The molecule has 1 aromatic carbocycles. The summed E-state index contributed by atoms with van der Waals surface area (Å²) in [6.45, 7) is 3.62. The molecular formula is C15H18N2O3. The van der Waals surface area contributed by atoms with Gasteiger partial charge in [-0.15, -0.1) is 0 Å². The maximum atomic E-state index is 12.0. The first-order chi connectivity index (χ1) is 9.66. The zero-order chi connectivity index (χ0) is 14.2. The third-order valence-electron chi connectivity index (χ3n) is 4.00. The summed E-state index contributed by atoms with van der Waals surface area (Å²) in [5.74, 6) is -0.279. The maximum absolute atomic E-state index is 12.0. The number of fused-ring (bicyclic) bond motifs is 2. The van der Waals surface area contributed by atoms with Crippen molar-refractivity contribution in [1.82, 2.24) is 10.2 Å². The number of likely N-dealkylation sites (tertiary alicyclic amines) is 1. The average molecular weight is 274 g/mol. The molecule has 106 valence electrons. The number of ether oxygens (including phenoxy) is 1. The van der Waals surface area contributed by atoms with E-state index in [9.17, 15) is 9.59 Å². The molecule has 1 fully saturated rings. The highest BCUT2D eigenvalue weighted by Crippen LogP contribution is 2.42. The van der Waals surface area contributed by atoms with Crippen molar-refractivity contribution in [3.8, 4) is 0 Å². The molecule has 1 saturated heterocycles. The van der Waals surface area contributed by atoms with Crippen LogP contribution in [0, 0.1) is 0 Å². The molecule has 0 saturated carbocycles. The lowest BCUT2D eigenvalue weighted by Gasteiger charge is -2.39. The Morgan fingerprint density at radius 1 is 1.45 bits per heavy atom. The van der Waals surface area contributed by atoms with Crippen molar-refractivity contribution in [3.63, 3.8) is 0 Å². The topological polar surface area (TPSA) is 58.6 Å². The number of carbonyl (C=O) groups is 2. The monoisotopic (exact) mass is 274 g/mol. The zero-order valence-corrected chi connectivity index (χ0v) is 11.5. The van der Waals surface area contributed by atoms with Crippen LogP contribution in [0.3, 0.4) is 0 Å². The summed E-state index contributed by atoms with van der Waals surface area (Å²) in [7, 11) is 0. The Labute approximate surface area is 117 Å². The van der Waals surface area contributed by atoms with Crippen LogP contribution in [-0.4, -0.2) is 36.5 Å². The fourth-order valence-corrected chi connectivity index (χ4v) is 3.11. The number of nitrogens with one attached hydrogen (secondary N) is 1. The van der Waals surface area contributed by atoms with Crippen molar-refractivity contribution in [1.29, 1.82) is 0 Å². The third kappa shape index (κ3) is 1.94. The Balaban J connectivity index is 1.90. The lowest BCUT2D eigenvalue weighted by atomic mass is 9.85. The Hall–Kier alpha value is -2.04. The fourth-order valence-electron chi connectivity index (χ4n) is 3.11. The Bertz CT molecular complexity index is 558. The van der Waals surface area contributed by atoms with Crippen molar-refractivity contribution >= 4 is 12.0 Å². The van der Waals surface area contributed by atoms with Crippen LogP contribution in [0.15, 0.2) is 24.3 Å². The van der Waals surface area contributed by atoms with Crippen LogP contribution in [0.5, 0.6) is 0 Å². The molecule has 1 atom stereocenters. The molecule has 2 amide bonds. The highest BCUT2D eigenvalue weighted by molar-refractivity contribution is 5.95. The van der Waals surface area contributed by atoms with Gasteiger partial charge in [-0.05, 0) is 25.8 Å². The molecule has 0 aromatic heterocycles. The highest BCUT2D eigenvalue weighted by Gasteiger charge is 2.48. The van der Waals surface area contributed by atoms with E-state index >= 15 is 0 Å². The van der Waals surface area contributed by atoms with E-state index < -0.39 is 5.60 Å². The highest BCUT2D eigenvalue weighted by atomic mass is 16.6. The molecule has 1 unspecified atom stereocenters. The summed E-state index contributed by atoms with van der Waals surface area (Å²) < 4.78 is 5.66. The second-order valence-electron chi connectivity index (χ2n) is 5.29. The third-order valence-corrected chi connectivity index (χ3v) is 4.00. The SMILES string of the molecule is CCNC(=O)N1CCCC2(C1)OC(=O)c1ccccc12. The van der Waals surface area contributed by atoms with Crippen LogP contribution < -0.4 is 5.32 Å². The second kappa shape index (κ2) is 4.81. The van der Waals surface area contributed by atoms with Gasteiger partial charge in [0.05, 0.1) is 12.1 Å². The van der Waals surface area contributed by atoms with Crippen LogP contribution in [0.1, 0.15) is 35.7 Å². The van der Waals surface area contributed by atoms with Crippen molar-refractivity contribution in [2.24, 2.45) is 0 Å². The number of nitrogens with zero attached hydrogens (tertiary/aromatic N) is 1. The Morgan fingerprint density at radius 2 is 2.25 bits per heavy atom. The van der Waals surface area contributed by atoms with E-state index in [1.54, 1.807) is 11.0 Å². The van der Waals surface area contributed by atoms with Crippen LogP contribution in [0.2, 0.25) is 0 Å². The van der Waals surface area contributed by atoms with Crippen LogP contribution in [0.4, 0.5) is 4.79 Å². The average Bonchev–Trinajstić information content (AvgIpc) is 2.73. The van der Waals surface area contributed by atoms with Gasteiger partial charge >= 0.3 is 12.0 Å². The van der Waals surface area contributed by atoms with E-state index in [4.69, 9.17) is 4.74 Å². The first kappa shape index (κ1) is 13.0. The number of amides is 2. The van der Waals surface area contributed by atoms with Crippen molar-refractivity contribution in [3.05, 3.63) is 35.4 Å². The second-order valence-corrected chi connectivity index (χ2v) is 5.29. The first-order valence-electron chi connectivity index (χ1n) is 7.02. The van der Waals surface area contributed by atoms with Gasteiger partial charge in [-0.25, -0.2) is 9.59 Å². The minimum Gasteiger partial charge on any atom is -0.449 e. The van der Waals surface area contributed by atoms with E-state index in [1.165, 1.54) is 0 Å². The van der Waals surface area contributed by atoms with E-state index in [0.29, 0.717) is 25.2 Å². The van der Waals surface area contributed by atoms with Gasteiger partial charge in [0.25, 0.3) is 0 Å². The van der Waals surface area contributed by atoms with Gasteiger partial charge in [0.1, 0.15) is 0 Å². The maximum Gasteiger partial charge on any atom is 0.339 e. The number of rotatable bonds is 1. The lowest BCUT2D eigenvalue weighted by Crippen LogP contribution is -2.51. The van der Waals surface area contributed by atoms with Crippen LogP contribution in [-0.2, 0) is 10.3 Å². The number of hydrogen-bond acceptors (Lipinski definition) is 3. The van der Waals surface area contributed by atoms with Crippen LogP contribution in [0.25, 0.3) is 0 Å². The molecule has 1 aromatic rings. The molecule has 0 aliphatic carbocycles. The fraction of sp³-hybridized carbons (Fsp3) is 0.467. The number of carbonyl (C=O) groups excluding carboxylic acids is 2. The minimum absolute atomic E-state index is 0.0907. The van der Waals surface area contributed by atoms with E-state index in [0.717, 1.165) is 18.4 Å². The Morgan fingerprint density at radius 3 is 3.05 bits per heavy atom. The number of urea groups is 1. The number of piperidine rings is 1. The van der Waals surface area contributed by atoms with Gasteiger partial charge in [0.2, 0.25) is 0 Å². The molecule has 2 aliphatic heterocycles. The summed E-state index contributed by atoms with van der Waals surface area (Å²) in [4.78, 5) is 25.7.